The second-order valence-electron chi connectivity index (χ2n) is 22.2. The summed E-state index contributed by atoms with van der Waals surface area (Å²) in [5, 5.41) is 0. The molecule has 0 rings (SSSR count). The van der Waals surface area contributed by atoms with Gasteiger partial charge in [-0.3, -0.25) is 0 Å². The Kier molecular flexibility index (Phi) is 57.1. The van der Waals surface area contributed by atoms with E-state index in [1.54, 1.807) is 76.0 Å². The van der Waals surface area contributed by atoms with Crippen LogP contribution >= 0.6 is 7.26 Å². The molecule has 0 aliphatic rings. The smallest absolute Gasteiger partial charge is 0.0654 e. The first-order chi connectivity index (χ1) is 31.2. The Morgan fingerprint density at radius 3 is 0.333 bits per heavy atom. The van der Waals surface area contributed by atoms with Gasteiger partial charge in [0.2, 0.25) is 0 Å². The minimum Gasteiger partial charge on any atom is -0.0654 e. The van der Waals surface area contributed by atoms with Gasteiger partial charge in [0.15, 0.2) is 0 Å². The molecule has 0 heterocycles. The Bertz CT molecular complexity index is 690. The minimum absolute atomic E-state index is 1.20. The van der Waals surface area contributed by atoms with Crippen LogP contribution in [0.2, 0.25) is 0 Å². The van der Waals surface area contributed by atoms with Gasteiger partial charge < -0.3 is 0 Å². The normalized spacial score (nSPS) is 12.3. The summed E-state index contributed by atoms with van der Waals surface area (Å²) in [6, 6.07) is 0. The van der Waals surface area contributed by atoms with Crippen LogP contribution < -0.4 is 0 Å². The average Bonchev–Trinajstić information content (AvgIpc) is 3.29. The van der Waals surface area contributed by atoms with Crippen molar-refractivity contribution in [3.05, 3.63) is 0 Å². The zero-order valence-electron chi connectivity index (χ0n) is 45.5. The molecule has 0 aromatic heterocycles. The SMILES string of the molecule is CCCCCCCCCCCCCCCCC[PH](CCCCCCCCCCC)(CCCCCCCCCCCCCCCCC)CCCCCCCCCCCCCCCCC. The molecule has 0 nitrogen and oxygen atoms in total. The van der Waals surface area contributed by atoms with Crippen molar-refractivity contribution >= 4 is 7.26 Å². The molecule has 0 spiro atoms. The maximum atomic E-state index is 2.36. The third-order valence-electron chi connectivity index (χ3n) is 15.7. The fraction of sp³-hybridized carbons (Fsp3) is 1.00. The molecule has 0 aromatic carbocycles. The average molecular weight is 906 g/mol. The molecule has 0 aliphatic heterocycles. The van der Waals surface area contributed by atoms with Crippen LogP contribution in [0, 0.1) is 0 Å². The zero-order chi connectivity index (χ0) is 45.5. The fourth-order valence-electron chi connectivity index (χ4n) is 11.2. The van der Waals surface area contributed by atoms with Crippen LogP contribution in [0.25, 0.3) is 0 Å². The van der Waals surface area contributed by atoms with E-state index in [1.807, 2.05) is 0 Å². The first-order valence-corrected chi connectivity index (χ1v) is 34.1. The standard InChI is InChI=1S/C62H129P/c1-5-9-13-17-21-25-28-31-34-37-40-44-48-52-56-60-63(59-55-51-47-43-24-20-16-12-8-4,61-57-53-49-45-41-38-35-32-29-26-22-18-14-10-6-2)62-58-54-50-46-42-39-36-33-30-27-23-19-15-11-7-3/h63H,5-62H2,1-4H3. The Hall–Kier alpha value is 0.430. The van der Waals surface area contributed by atoms with E-state index in [2.05, 4.69) is 27.7 Å². The van der Waals surface area contributed by atoms with Crippen molar-refractivity contribution in [2.75, 3.05) is 24.6 Å². The van der Waals surface area contributed by atoms with E-state index in [0.29, 0.717) is 0 Å². The van der Waals surface area contributed by atoms with Gasteiger partial charge in [0.05, 0.1) is 0 Å². The first-order valence-electron chi connectivity index (χ1n) is 31.2. The molecule has 0 amide bonds. The molecule has 63 heavy (non-hydrogen) atoms. The van der Waals surface area contributed by atoms with Crippen molar-refractivity contribution in [1.29, 1.82) is 0 Å². The molecule has 0 saturated heterocycles. The Morgan fingerprint density at radius 2 is 0.222 bits per heavy atom. The quantitative estimate of drug-likeness (QED) is 0.0421. The molecule has 0 aliphatic carbocycles. The van der Waals surface area contributed by atoms with E-state index in [4.69, 9.17) is 0 Å². The molecule has 0 unspecified atom stereocenters. The summed E-state index contributed by atoms with van der Waals surface area (Å²) in [5.41, 5.74) is 0. The van der Waals surface area contributed by atoms with Gasteiger partial charge in [-0.25, -0.2) is 0 Å². The predicted octanol–water partition coefficient (Wildman–Crippen LogP) is 23.9. The molecular weight excluding hydrogens is 776 g/mol. The van der Waals surface area contributed by atoms with Gasteiger partial charge in [-0.05, 0) is 0 Å². The summed E-state index contributed by atoms with van der Waals surface area (Å²) >= 11 is 0. The van der Waals surface area contributed by atoms with Crippen molar-refractivity contribution in [3.63, 3.8) is 0 Å². The van der Waals surface area contributed by atoms with Gasteiger partial charge in [-0.15, -0.1) is 0 Å². The van der Waals surface area contributed by atoms with E-state index < -0.39 is 7.26 Å². The fourth-order valence-corrected chi connectivity index (χ4v) is 16.7. The van der Waals surface area contributed by atoms with Crippen LogP contribution in [-0.2, 0) is 0 Å². The van der Waals surface area contributed by atoms with Crippen LogP contribution in [-0.4, -0.2) is 24.6 Å². The van der Waals surface area contributed by atoms with E-state index >= 15 is 0 Å². The third-order valence-corrected chi connectivity index (χ3v) is 21.4. The van der Waals surface area contributed by atoms with Gasteiger partial charge in [0.1, 0.15) is 0 Å². The molecule has 0 atom stereocenters. The third kappa shape index (κ3) is 51.7. The van der Waals surface area contributed by atoms with E-state index in [-0.39, 0.29) is 0 Å². The van der Waals surface area contributed by atoms with Crippen molar-refractivity contribution < 1.29 is 0 Å². The van der Waals surface area contributed by atoms with Crippen LogP contribution in [0.1, 0.15) is 374 Å². The Morgan fingerprint density at radius 1 is 0.127 bits per heavy atom. The number of rotatable bonds is 58. The maximum absolute atomic E-state index is 2.36. The molecular formula is C62H129P. The summed E-state index contributed by atoms with van der Waals surface area (Å²) in [7, 11) is -1.20. The van der Waals surface area contributed by atoms with Crippen molar-refractivity contribution in [3.8, 4) is 0 Å². The molecule has 0 radical (unpaired) electrons. The minimum atomic E-state index is -1.20. The molecule has 0 aromatic rings. The second-order valence-corrected chi connectivity index (χ2v) is 27.2. The van der Waals surface area contributed by atoms with E-state index in [0.717, 1.165) is 0 Å². The topological polar surface area (TPSA) is 0 Å². The molecule has 382 valence electrons. The number of hydrogen-bond acceptors (Lipinski definition) is 0. The van der Waals surface area contributed by atoms with Gasteiger partial charge in [0.25, 0.3) is 0 Å². The van der Waals surface area contributed by atoms with Crippen molar-refractivity contribution in [2.24, 2.45) is 0 Å². The van der Waals surface area contributed by atoms with E-state index in [9.17, 15) is 0 Å². The Balaban J connectivity index is 4.85. The van der Waals surface area contributed by atoms with Crippen molar-refractivity contribution in [2.45, 2.75) is 374 Å². The van der Waals surface area contributed by atoms with Crippen LogP contribution in [0.5, 0.6) is 0 Å². The van der Waals surface area contributed by atoms with Gasteiger partial charge in [-0.1, -0.05) is 97.8 Å². The molecule has 1 heteroatoms. The van der Waals surface area contributed by atoms with Crippen LogP contribution in [0.3, 0.4) is 0 Å². The summed E-state index contributed by atoms with van der Waals surface area (Å²) in [4.78, 5) is 0. The van der Waals surface area contributed by atoms with Gasteiger partial charge >= 0.3 is 309 Å². The van der Waals surface area contributed by atoms with E-state index in [1.165, 1.54) is 295 Å². The summed E-state index contributed by atoms with van der Waals surface area (Å²) in [5.74, 6) is 0. The molecule has 0 fully saturated rings. The molecule has 0 saturated carbocycles. The predicted molar refractivity (Wildman–Crippen MR) is 300 cm³/mol. The van der Waals surface area contributed by atoms with Gasteiger partial charge in [0, 0.05) is 0 Å². The summed E-state index contributed by atoms with van der Waals surface area (Å²) in [6.07, 6.45) is 87.5. The Labute approximate surface area is 404 Å². The summed E-state index contributed by atoms with van der Waals surface area (Å²) < 4.78 is 0. The van der Waals surface area contributed by atoms with Gasteiger partial charge in [-0.2, -0.15) is 0 Å². The number of unbranched alkanes of at least 4 members (excludes halogenated alkanes) is 50. The zero-order valence-corrected chi connectivity index (χ0v) is 46.5. The van der Waals surface area contributed by atoms with Crippen LogP contribution in [0.4, 0.5) is 0 Å². The molecule has 0 N–H and O–H groups in total. The first kappa shape index (κ1) is 63.4. The van der Waals surface area contributed by atoms with Crippen LogP contribution in [0.15, 0.2) is 0 Å². The molecule has 0 bridgehead atoms. The second kappa shape index (κ2) is 56.8. The monoisotopic (exact) mass is 905 g/mol. The van der Waals surface area contributed by atoms with Crippen molar-refractivity contribution in [1.82, 2.24) is 0 Å². The number of hydrogen-bond donors (Lipinski definition) is 0. The summed E-state index contributed by atoms with van der Waals surface area (Å²) in [6.45, 7) is 9.35.